The molecule has 10 nitrogen and oxygen atoms in total. The summed E-state index contributed by atoms with van der Waals surface area (Å²) in [6.45, 7) is 6.56. The lowest BCUT2D eigenvalue weighted by atomic mass is 10.1. The van der Waals surface area contributed by atoms with E-state index < -0.39 is 0 Å². The molecule has 248 valence electrons. The lowest BCUT2D eigenvalue weighted by molar-refractivity contribution is 0.0300. The third-order valence-corrected chi connectivity index (χ3v) is 8.93. The summed E-state index contributed by atoms with van der Waals surface area (Å²) in [4.78, 5) is 27.0. The van der Waals surface area contributed by atoms with Crippen LogP contribution in [0, 0.1) is 5.82 Å². The topological polar surface area (TPSA) is 94.0 Å². The van der Waals surface area contributed by atoms with E-state index in [1.54, 1.807) is 24.3 Å². The molecule has 1 N–H and O–H groups in total. The first-order valence-electron chi connectivity index (χ1n) is 16.1. The van der Waals surface area contributed by atoms with Gasteiger partial charge in [-0.05, 0) is 66.1 Å². The van der Waals surface area contributed by atoms with Gasteiger partial charge in [-0.15, -0.1) is 0 Å². The molecule has 0 bridgehead atoms. The van der Waals surface area contributed by atoms with Crippen LogP contribution < -0.4 is 10.1 Å². The van der Waals surface area contributed by atoms with E-state index >= 15 is 0 Å². The molecule has 48 heavy (non-hydrogen) atoms. The number of anilines is 2. The van der Waals surface area contributed by atoms with Crippen molar-refractivity contribution in [3.8, 4) is 11.4 Å². The van der Waals surface area contributed by atoms with E-state index in [9.17, 15) is 9.18 Å². The molecular weight excluding hydrogens is 635 g/mol. The zero-order valence-electron chi connectivity index (χ0n) is 26.4. The SMILES string of the molecule is O=C(c1cn(-c2ccc3ncnc(Nc4ccc(OCc5cccc(F)c5)c(Cl)c4)c3c2)cc1CCN1CCOCC1)N1CCOCC1. The van der Waals surface area contributed by atoms with E-state index in [1.807, 2.05) is 39.9 Å². The summed E-state index contributed by atoms with van der Waals surface area (Å²) in [6, 6.07) is 17.6. The van der Waals surface area contributed by atoms with E-state index in [2.05, 4.69) is 26.4 Å². The van der Waals surface area contributed by atoms with E-state index in [-0.39, 0.29) is 18.3 Å². The van der Waals surface area contributed by atoms with Crippen LogP contribution in [0.1, 0.15) is 21.5 Å². The Morgan fingerprint density at radius 1 is 0.938 bits per heavy atom. The second kappa shape index (κ2) is 14.7. The second-order valence-corrected chi connectivity index (χ2v) is 12.2. The number of amides is 1. The van der Waals surface area contributed by atoms with Crippen LogP contribution in [0.2, 0.25) is 5.02 Å². The van der Waals surface area contributed by atoms with E-state index in [4.69, 9.17) is 25.8 Å². The first kappa shape index (κ1) is 32.0. The van der Waals surface area contributed by atoms with Gasteiger partial charge in [-0.25, -0.2) is 14.4 Å². The van der Waals surface area contributed by atoms with Gasteiger partial charge in [0, 0.05) is 61.9 Å². The summed E-state index contributed by atoms with van der Waals surface area (Å²) in [7, 11) is 0. The van der Waals surface area contributed by atoms with Crippen molar-refractivity contribution >= 4 is 39.9 Å². The molecule has 0 saturated carbocycles. The Hall–Kier alpha value is -4.55. The maximum absolute atomic E-state index is 13.7. The lowest BCUT2D eigenvalue weighted by Gasteiger charge is -2.28. The van der Waals surface area contributed by atoms with E-state index in [0.29, 0.717) is 59.7 Å². The van der Waals surface area contributed by atoms with Gasteiger partial charge in [0.25, 0.3) is 5.91 Å². The van der Waals surface area contributed by atoms with Gasteiger partial charge in [-0.3, -0.25) is 9.69 Å². The van der Waals surface area contributed by atoms with Crippen LogP contribution in [0.4, 0.5) is 15.9 Å². The highest BCUT2D eigenvalue weighted by molar-refractivity contribution is 6.32. The predicted molar refractivity (Wildman–Crippen MR) is 182 cm³/mol. The monoisotopic (exact) mass is 670 g/mol. The molecule has 0 radical (unpaired) electrons. The third kappa shape index (κ3) is 7.44. The van der Waals surface area contributed by atoms with Gasteiger partial charge in [-0.2, -0.15) is 0 Å². The molecule has 1 amide bonds. The molecule has 0 aliphatic carbocycles. The van der Waals surface area contributed by atoms with Gasteiger partial charge in [0.15, 0.2) is 0 Å². The lowest BCUT2D eigenvalue weighted by Crippen LogP contribution is -2.41. The molecular formula is C36H36ClFN6O4. The molecule has 2 aliphatic rings. The average molecular weight is 671 g/mol. The molecule has 0 unspecified atom stereocenters. The van der Waals surface area contributed by atoms with E-state index in [0.717, 1.165) is 61.4 Å². The number of carbonyl (C=O) groups excluding carboxylic acids is 1. The maximum Gasteiger partial charge on any atom is 0.255 e. The Morgan fingerprint density at radius 3 is 2.54 bits per heavy atom. The number of carbonyl (C=O) groups is 1. The number of ether oxygens (including phenoxy) is 3. The molecule has 0 spiro atoms. The first-order valence-corrected chi connectivity index (χ1v) is 16.4. The molecule has 4 heterocycles. The molecule has 5 aromatic rings. The summed E-state index contributed by atoms with van der Waals surface area (Å²) in [6.07, 6.45) is 6.27. The van der Waals surface area contributed by atoms with Crippen molar-refractivity contribution in [2.24, 2.45) is 0 Å². The Kier molecular flexibility index (Phi) is 9.80. The molecule has 3 aromatic carbocycles. The molecule has 12 heteroatoms. The third-order valence-electron chi connectivity index (χ3n) is 8.63. The van der Waals surface area contributed by atoms with Crippen LogP contribution in [-0.2, 0) is 22.5 Å². The van der Waals surface area contributed by atoms with Crippen LogP contribution >= 0.6 is 11.6 Å². The van der Waals surface area contributed by atoms with Crippen molar-refractivity contribution in [3.05, 3.63) is 107 Å². The zero-order chi connectivity index (χ0) is 32.9. The zero-order valence-corrected chi connectivity index (χ0v) is 27.2. The van der Waals surface area contributed by atoms with E-state index in [1.165, 1.54) is 18.5 Å². The fourth-order valence-corrected chi connectivity index (χ4v) is 6.24. The number of hydrogen-bond donors (Lipinski definition) is 1. The quantitative estimate of drug-likeness (QED) is 0.197. The molecule has 2 fully saturated rings. The summed E-state index contributed by atoms with van der Waals surface area (Å²) >= 11 is 6.57. The predicted octanol–water partition coefficient (Wildman–Crippen LogP) is 5.88. The molecule has 2 saturated heterocycles. The Bertz CT molecular complexity index is 1910. The fraction of sp³-hybridized carbons (Fsp3) is 0.306. The Morgan fingerprint density at radius 2 is 1.75 bits per heavy atom. The number of hydrogen-bond acceptors (Lipinski definition) is 8. The summed E-state index contributed by atoms with van der Waals surface area (Å²) in [5.41, 5.74) is 4.79. The van der Waals surface area contributed by atoms with Gasteiger partial charge in [0.2, 0.25) is 0 Å². The minimum atomic E-state index is -0.315. The molecule has 7 rings (SSSR count). The molecule has 0 atom stereocenters. The number of nitrogens with one attached hydrogen (secondary N) is 1. The second-order valence-electron chi connectivity index (χ2n) is 11.8. The number of rotatable bonds is 10. The number of fused-ring (bicyclic) bond motifs is 1. The minimum Gasteiger partial charge on any atom is -0.487 e. The number of halogens is 2. The highest BCUT2D eigenvalue weighted by atomic mass is 35.5. The number of benzene rings is 3. The largest absolute Gasteiger partial charge is 0.487 e. The molecule has 2 aromatic heterocycles. The van der Waals surface area contributed by atoms with Gasteiger partial charge in [0.1, 0.15) is 30.3 Å². The van der Waals surface area contributed by atoms with Crippen molar-refractivity contribution in [3.63, 3.8) is 0 Å². The summed E-state index contributed by atoms with van der Waals surface area (Å²) in [5, 5.41) is 4.59. The van der Waals surface area contributed by atoms with Crippen LogP contribution in [0.5, 0.6) is 5.75 Å². The minimum absolute atomic E-state index is 0.0285. The number of nitrogens with zero attached hydrogens (tertiary/aromatic N) is 5. The van der Waals surface area contributed by atoms with Gasteiger partial charge >= 0.3 is 0 Å². The van der Waals surface area contributed by atoms with Gasteiger partial charge < -0.3 is 29.0 Å². The van der Waals surface area contributed by atoms with Crippen molar-refractivity contribution in [1.29, 1.82) is 0 Å². The highest BCUT2D eigenvalue weighted by Gasteiger charge is 2.24. The first-order chi connectivity index (χ1) is 23.5. The van der Waals surface area contributed by atoms with Crippen molar-refractivity contribution in [2.45, 2.75) is 13.0 Å². The van der Waals surface area contributed by atoms with Gasteiger partial charge in [-0.1, -0.05) is 23.7 Å². The molecule has 2 aliphatic heterocycles. The average Bonchev–Trinajstić information content (AvgIpc) is 3.55. The van der Waals surface area contributed by atoms with Crippen LogP contribution in [0.15, 0.2) is 79.4 Å². The fourth-order valence-electron chi connectivity index (χ4n) is 6.00. The normalized spacial score (nSPS) is 15.5. The Labute approximate surface area is 283 Å². The van der Waals surface area contributed by atoms with Crippen molar-refractivity contribution in [2.75, 3.05) is 64.5 Å². The smallest absolute Gasteiger partial charge is 0.255 e. The van der Waals surface area contributed by atoms with Crippen molar-refractivity contribution in [1.82, 2.24) is 24.3 Å². The highest BCUT2D eigenvalue weighted by Crippen LogP contribution is 2.32. The maximum atomic E-state index is 13.7. The number of aromatic nitrogens is 3. The van der Waals surface area contributed by atoms with Crippen molar-refractivity contribution < 1.29 is 23.4 Å². The van der Waals surface area contributed by atoms with Gasteiger partial charge in [0.05, 0.1) is 42.5 Å². The number of morpholine rings is 2. The summed E-state index contributed by atoms with van der Waals surface area (Å²) < 4.78 is 32.4. The standard InChI is InChI=1S/C36H36ClFN6O4/c37-32-19-28(4-7-34(32)48-23-25-2-1-3-27(38)18-25)41-35-30-20-29(5-6-33(30)39-24-40-35)44-21-26(8-9-42-10-14-46-15-11-42)31(22-44)36(45)43-12-16-47-17-13-43/h1-7,18-22,24H,8-17,23H2,(H,39,40,41). The van der Waals surface area contributed by atoms with Crippen LogP contribution in [0.25, 0.3) is 16.6 Å². The van der Waals surface area contributed by atoms with Crippen LogP contribution in [-0.4, -0.2) is 89.4 Å². The Balaban J connectivity index is 1.13. The van der Waals surface area contributed by atoms with Crippen LogP contribution in [0.3, 0.4) is 0 Å². The summed E-state index contributed by atoms with van der Waals surface area (Å²) in [5.74, 6) is 0.807.